The molecule has 0 spiro atoms. The summed E-state index contributed by atoms with van der Waals surface area (Å²) in [4.78, 5) is 6.63. The van der Waals surface area contributed by atoms with E-state index in [1.165, 1.54) is 0 Å². The van der Waals surface area contributed by atoms with Crippen LogP contribution in [0.15, 0.2) is 41.0 Å². The van der Waals surface area contributed by atoms with Crippen molar-refractivity contribution in [3.05, 3.63) is 46.0 Å². The number of rotatable bonds is 8. The smallest absolute Gasteiger partial charge is 0.376 e. The summed E-state index contributed by atoms with van der Waals surface area (Å²) in [6, 6.07) is 9.64. The number of fused-ring (bicyclic) bond motifs is 1. The first-order valence-electron chi connectivity index (χ1n) is 8.88. The molecule has 1 aromatic carbocycles. The Labute approximate surface area is 172 Å². The highest BCUT2D eigenvalue weighted by molar-refractivity contribution is 9.10. The molecule has 0 bridgehead atoms. The third-order valence-electron chi connectivity index (χ3n) is 4.46. The van der Waals surface area contributed by atoms with Crippen molar-refractivity contribution in [1.29, 1.82) is 0 Å². The van der Waals surface area contributed by atoms with E-state index < -0.39 is 7.05 Å². The molecule has 3 aromatic rings. The van der Waals surface area contributed by atoms with E-state index in [2.05, 4.69) is 26.3 Å². The lowest BCUT2D eigenvalue weighted by Crippen LogP contribution is -2.34. The molecular weight excluding hydrogens is 428 g/mol. The molecule has 0 atom stereocenters. The lowest BCUT2D eigenvalue weighted by atomic mass is 9.86. The van der Waals surface area contributed by atoms with Crippen LogP contribution in [0.4, 0.5) is 5.82 Å². The van der Waals surface area contributed by atoms with Crippen molar-refractivity contribution >= 4 is 46.0 Å². The first-order chi connectivity index (χ1) is 13.0. The number of anilines is 1. The lowest BCUT2D eigenvalue weighted by molar-refractivity contribution is 0.410. The fourth-order valence-electron chi connectivity index (χ4n) is 2.76. The fraction of sp³-hybridized carbons (Fsp3) is 0.333. The first kappa shape index (κ1) is 20.1. The molecule has 0 saturated heterocycles. The van der Waals surface area contributed by atoms with Gasteiger partial charge in [0.15, 0.2) is 5.65 Å². The molecule has 2 aromatic heterocycles. The predicted molar refractivity (Wildman–Crippen MR) is 115 cm³/mol. The largest absolute Gasteiger partial charge is 0.437 e. The van der Waals surface area contributed by atoms with Gasteiger partial charge in [-0.3, -0.25) is 0 Å². The lowest BCUT2D eigenvalue weighted by Gasteiger charge is -2.17. The van der Waals surface area contributed by atoms with Gasteiger partial charge in [-0.25, -0.2) is 4.98 Å². The number of aromatic nitrogens is 3. The number of hydrogen-bond acceptors (Lipinski definition) is 5. The molecule has 0 unspecified atom stereocenters. The normalized spacial score (nSPS) is 11.3. The molecular formula is C18H22BBrClN5O. The molecule has 0 aliphatic rings. The van der Waals surface area contributed by atoms with Gasteiger partial charge in [0.05, 0.1) is 16.4 Å². The van der Waals surface area contributed by atoms with Gasteiger partial charge in [-0.05, 0) is 55.3 Å². The highest BCUT2D eigenvalue weighted by Gasteiger charge is 2.13. The molecule has 6 nitrogen and oxygen atoms in total. The van der Waals surface area contributed by atoms with Crippen LogP contribution in [0.3, 0.4) is 0 Å². The minimum Gasteiger partial charge on any atom is -0.437 e. The van der Waals surface area contributed by atoms with E-state index >= 15 is 0 Å². The number of nitrogens with zero attached hydrogens (tertiary/aromatic N) is 4. The van der Waals surface area contributed by atoms with E-state index in [1.54, 1.807) is 17.5 Å². The average molecular weight is 451 g/mol. The van der Waals surface area contributed by atoms with Gasteiger partial charge in [-0.15, -0.1) is 0 Å². The van der Waals surface area contributed by atoms with Crippen LogP contribution in [0, 0.1) is 0 Å². The number of hydrogen-bond donors (Lipinski definition) is 2. The molecule has 142 valence electrons. The van der Waals surface area contributed by atoms with Gasteiger partial charge >= 0.3 is 7.05 Å². The summed E-state index contributed by atoms with van der Waals surface area (Å²) in [6.45, 7) is 3.42. The Bertz CT molecular complexity index is 920. The highest BCUT2D eigenvalue weighted by Crippen LogP contribution is 2.30. The maximum Gasteiger partial charge on any atom is 0.376 e. The van der Waals surface area contributed by atoms with Gasteiger partial charge in [-0.1, -0.05) is 29.8 Å². The van der Waals surface area contributed by atoms with E-state index in [-0.39, 0.29) is 0 Å². The van der Waals surface area contributed by atoms with Crippen LogP contribution in [0.5, 0.6) is 0 Å². The summed E-state index contributed by atoms with van der Waals surface area (Å²) in [5, 5.41) is 18.0. The molecule has 9 heteroatoms. The van der Waals surface area contributed by atoms with Gasteiger partial charge < -0.3 is 15.2 Å². The van der Waals surface area contributed by atoms with Crippen LogP contribution in [-0.4, -0.2) is 51.6 Å². The average Bonchev–Trinajstić information content (AvgIpc) is 3.02. The minimum atomic E-state index is -0.419. The third kappa shape index (κ3) is 4.82. The Hall–Kier alpha value is -1.61. The molecule has 0 saturated carbocycles. The van der Waals surface area contributed by atoms with Crippen molar-refractivity contribution in [2.24, 2.45) is 0 Å². The van der Waals surface area contributed by atoms with Crippen molar-refractivity contribution < 1.29 is 5.02 Å². The van der Waals surface area contributed by atoms with Crippen molar-refractivity contribution in [2.45, 2.75) is 19.7 Å². The van der Waals surface area contributed by atoms with Gasteiger partial charge in [0, 0.05) is 23.2 Å². The molecule has 3 rings (SSSR count). The Morgan fingerprint density at radius 3 is 2.85 bits per heavy atom. The van der Waals surface area contributed by atoms with Crippen LogP contribution >= 0.6 is 27.5 Å². The van der Waals surface area contributed by atoms with Crippen LogP contribution in [-0.2, 0) is 0 Å². The second-order valence-electron chi connectivity index (χ2n) is 6.48. The molecule has 2 heterocycles. The summed E-state index contributed by atoms with van der Waals surface area (Å²) in [6.07, 6.45) is 3.70. The van der Waals surface area contributed by atoms with Gasteiger partial charge in [0.2, 0.25) is 0 Å². The standard InChI is InChI=1S/C18H22BBrClN5O/c1-19(27)25(2)10-6-5-9-22-17-11-16(13-7-3-4-8-15(13)21)24-18-14(20)12-23-26(17)18/h3-4,7-8,11-12,22,27H,5-6,9-10H2,1-2H3. The zero-order valence-electron chi connectivity index (χ0n) is 15.4. The van der Waals surface area contributed by atoms with Crippen molar-refractivity contribution in [1.82, 2.24) is 19.4 Å². The maximum atomic E-state index is 9.51. The fourth-order valence-corrected chi connectivity index (χ4v) is 3.34. The van der Waals surface area contributed by atoms with Crippen LogP contribution in [0.25, 0.3) is 16.9 Å². The number of benzene rings is 1. The third-order valence-corrected chi connectivity index (χ3v) is 5.35. The van der Waals surface area contributed by atoms with Crippen molar-refractivity contribution in [3.63, 3.8) is 0 Å². The predicted octanol–water partition coefficient (Wildman–Crippen LogP) is 4.05. The summed E-state index contributed by atoms with van der Waals surface area (Å²) in [5.41, 5.74) is 2.42. The number of unbranched alkanes of at least 4 members (excludes halogenated alkanes) is 1. The first-order valence-corrected chi connectivity index (χ1v) is 10.1. The minimum absolute atomic E-state index is 0.419. The quantitative estimate of drug-likeness (QED) is 0.400. The van der Waals surface area contributed by atoms with Crippen LogP contribution in [0.1, 0.15) is 12.8 Å². The SMILES string of the molecule is CB(O)N(C)CCCCNc1cc(-c2ccccc2Cl)nc2c(Br)cnn12. The van der Waals surface area contributed by atoms with E-state index in [9.17, 15) is 5.02 Å². The summed E-state index contributed by atoms with van der Waals surface area (Å²) < 4.78 is 2.62. The molecule has 0 amide bonds. The Morgan fingerprint density at radius 1 is 1.33 bits per heavy atom. The van der Waals surface area contributed by atoms with Crippen LogP contribution in [0.2, 0.25) is 11.8 Å². The second-order valence-corrected chi connectivity index (χ2v) is 7.74. The zero-order valence-corrected chi connectivity index (χ0v) is 17.7. The molecule has 27 heavy (non-hydrogen) atoms. The Balaban J connectivity index is 1.77. The molecule has 0 radical (unpaired) electrons. The van der Waals surface area contributed by atoms with Gasteiger partial charge in [0.25, 0.3) is 0 Å². The molecule has 0 aliphatic carbocycles. The monoisotopic (exact) mass is 449 g/mol. The number of nitrogens with one attached hydrogen (secondary N) is 1. The summed E-state index contributed by atoms with van der Waals surface area (Å²) in [5.74, 6) is 0.865. The molecule has 0 fully saturated rings. The van der Waals surface area contributed by atoms with Gasteiger partial charge in [-0.2, -0.15) is 9.61 Å². The highest BCUT2D eigenvalue weighted by atomic mass is 79.9. The van der Waals surface area contributed by atoms with E-state index in [1.807, 2.05) is 42.2 Å². The van der Waals surface area contributed by atoms with Crippen LogP contribution < -0.4 is 5.32 Å². The second kappa shape index (κ2) is 9.06. The summed E-state index contributed by atoms with van der Waals surface area (Å²) >= 11 is 9.87. The van der Waals surface area contributed by atoms with E-state index in [0.717, 1.165) is 53.1 Å². The van der Waals surface area contributed by atoms with Crippen molar-refractivity contribution in [2.75, 3.05) is 25.5 Å². The molecule has 0 aliphatic heterocycles. The maximum absolute atomic E-state index is 9.51. The van der Waals surface area contributed by atoms with Gasteiger partial charge in [0.1, 0.15) is 5.82 Å². The van der Waals surface area contributed by atoms with E-state index in [0.29, 0.717) is 5.02 Å². The summed E-state index contributed by atoms with van der Waals surface area (Å²) in [7, 11) is 1.50. The molecule has 2 N–H and O–H groups in total. The Kier molecular flexibility index (Phi) is 6.76. The number of halogens is 2. The van der Waals surface area contributed by atoms with E-state index in [4.69, 9.17) is 16.6 Å². The topological polar surface area (TPSA) is 65.7 Å². The zero-order chi connectivity index (χ0) is 19.4. The Morgan fingerprint density at radius 2 is 2.11 bits per heavy atom. The van der Waals surface area contributed by atoms with Crippen molar-refractivity contribution in [3.8, 4) is 11.3 Å².